The highest BCUT2D eigenvalue weighted by Gasteiger charge is 2.34. The van der Waals surface area contributed by atoms with Gasteiger partial charge >= 0.3 is 0 Å². The number of nitrogens with one attached hydrogen (secondary N) is 2. The van der Waals surface area contributed by atoms with Crippen LogP contribution >= 0.6 is 0 Å². The molecule has 2 N–H and O–H groups in total. The van der Waals surface area contributed by atoms with Crippen LogP contribution < -0.4 is 10.6 Å². The number of piperazine rings is 1. The summed E-state index contributed by atoms with van der Waals surface area (Å²) in [5.74, 6) is 0.962. The maximum absolute atomic E-state index is 3.96. The number of hydrogen-bond acceptors (Lipinski definition) is 2. The van der Waals surface area contributed by atoms with Gasteiger partial charge in [-0.05, 0) is 31.6 Å². The Hall–Kier alpha value is -0.0800. The first-order valence-corrected chi connectivity index (χ1v) is 7.43. The average molecular weight is 222 g/mol. The summed E-state index contributed by atoms with van der Waals surface area (Å²) in [5, 5.41) is 7.77. The Balaban J connectivity index is 1.57. The van der Waals surface area contributed by atoms with Crippen LogP contribution in [0, 0.1) is 5.92 Å². The van der Waals surface area contributed by atoms with Crippen molar-refractivity contribution in [3.8, 4) is 0 Å². The third kappa shape index (κ3) is 2.28. The molecule has 3 fully saturated rings. The zero-order chi connectivity index (χ0) is 10.8. The fraction of sp³-hybridized carbons (Fsp3) is 1.00. The van der Waals surface area contributed by atoms with Crippen LogP contribution in [-0.2, 0) is 0 Å². The van der Waals surface area contributed by atoms with Crippen molar-refractivity contribution in [3.63, 3.8) is 0 Å². The minimum absolute atomic E-state index is 0.777. The van der Waals surface area contributed by atoms with E-state index in [2.05, 4.69) is 10.6 Å². The van der Waals surface area contributed by atoms with Gasteiger partial charge in [-0.3, -0.25) is 0 Å². The molecule has 92 valence electrons. The van der Waals surface area contributed by atoms with E-state index in [9.17, 15) is 0 Å². The summed E-state index contributed by atoms with van der Waals surface area (Å²) >= 11 is 0. The van der Waals surface area contributed by atoms with Gasteiger partial charge in [-0.15, -0.1) is 0 Å². The van der Waals surface area contributed by atoms with Crippen molar-refractivity contribution < 1.29 is 0 Å². The first kappa shape index (κ1) is 11.0. The molecule has 0 spiro atoms. The second-order valence-corrected chi connectivity index (χ2v) is 6.08. The maximum Gasteiger partial charge on any atom is 0.0224 e. The number of rotatable bonds is 1. The van der Waals surface area contributed by atoms with Crippen molar-refractivity contribution in [2.75, 3.05) is 6.54 Å². The van der Waals surface area contributed by atoms with E-state index < -0.39 is 0 Å². The minimum Gasteiger partial charge on any atom is -0.311 e. The highest BCUT2D eigenvalue weighted by Crippen LogP contribution is 2.29. The lowest BCUT2D eigenvalue weighted by atomic mass is 9.80. The third-order valence-electron chi connectivity index (χ3n) is 5.01. The topological polar surface area (TPSA) is 24.1 Å². The van der Waals surface area contributed by atoms with Crippen molar-refractivity contribution in [2.24, 2.45) is 5.92 Å². The molecule has 0 radical (unpaired) electrons. The van der Waals surface area contributed by atoms with Gasteiger partial charge in [-0.1, -0.05) is 32.1 Å². The van der Waals surface area contributed by atoms with Crippen LogP contribution in [0.2, 0.25) is 0 Å². The molecule has 2 saturated carbocycles. The molecule has 1 saturated heterocycles. The molecule has 1 heterocycles. The maximum atomic E-state index is 3.96. The Morgan fingerprint density at radius 2 is 1.31 bits per heavy atom. The van der Waals surface area contributed by atoms with Gasteiger partial charge in [0, 0.05) is 24.7 Å². The lowest BCUT2D eigenvalue weighted by molar-refractivity contribution is 0.158. The summed E-state index contributed by atoms with van der Waals surface area (Å²) in [5.41, 5.74) is 0. The van der Waals surface area contributed by atoms with Gasteiger partial charge < -0.3 is 10.6 Å². The number of hydrogen-bond donors (Lipinski definition) is 2. The molecule has 2 nitrogen and oxygen atoms in total. The zero-order valence-corrected chi connectivity index (χ0v) is 10.4. The molecule has 0 amide bonds. The molecule has 1 aliphatic heterocycles. The molecule has 0 bridgehead atoms. The molecule has 2 heteroatoms. The second kappa shape index (κ2) is 5.05. The van der Waals surface area contributed by atoms with Gasteiger partial charge in [0.2, 0.25) is 0 Å². The molecule has 0 aromatic heterocycles. The van der Waals surface area contributed by atoms with Crippen LogP contribution in [0.4, 0.5) is 0 Å². The standard InChI is InChI=1S/C14H26N2/c1-2-6-11(7-3-1)14-10-15-12-8-4-5-9-13(12)16-14/h11-16H,1-10H2/t12-,13-,14-/m1/s1. The summed E-state index contributed by atoms with van der Waals surface area (Å²) in [4.78, 5) is 0. The summed E-state index contributed by atoms with van der Waals surface area (Å²) < 4.78 is 0. The van der Waals surface area contributed by atoms with Crippen molar-refractivity contribution in [1.29, 1.82) is 0 Å². The normalized spacial score (nSPS) is 41.6. The van der Waals surface area contributed by atoms with E-state index in [1.165, 1.54) is 64.3 Å². The van der Waals surface area contributed by atoms with E-state index in [-0.39, 0.29) is 0 Å². The molecular weight excluding hydrogens is 196 g/mol. The Labute approximate surface area is 99.6 Å². The van der Waals surface area contributed by atoms with Crippen LogP contribution in [-0.4, -0.2) is 24.7 Å². The zero-order valence-electron chi connectivity index (χ0n) is 10.4. The van der Waals surface area contributed by atoms with Crippen LogP contribution in [0.3, 0.4) is 0 Å². The Morgan fingerprint density at radius 3 is 2.12 bits per heavy atom. The quantitative estimate of drug-likeness (QED) is 0.712. The van der Waals surface area contributed by atoms with Crippen molar-refractivity contribution >= 4 is 0 Å². The van der Waals surface area contributed by atoms with Gasteiger partial charge in [-0.25, -0.2) is 0 Å². The Kier molecular flexibility index (Phi) is 3.49. The highest BCUT2D eigenvalue weighted by atomic mass is 15.1. The predicted octanol–water partition coefficient (Wildman–Crippen LogP) is 2.44. The monoisotopic (exact) mass is 222 g/mol. The van der Waals surface area contributed by atoms with Crippen LogP contribution in [0.5, 0.6) is 0 Å². The summed E-state index contributed by atoms with van der Waals surface area (Å²) in [7, 11) is 0. The SMILES string of the molecule is C1CCC([C@H]2CN[C@@H]3CCCC[C@H]3N2)CC1. The average Bonchev–Trinajstić information content (AvgIpc) is 2.39. The minimum atomic E-state index is 0.777. The molecule has 3 rings (SSSR count). The molecule has 3 aliphatic rings. The van der Waals surface area contributed by atoms with Gasteiger partial charge in [0.15, 0.2) is 0 Å². The smallest absolute Gasteiger partial charge is 0.0224 e. The third-order valence-corrected chi connectivity index (χ3v) is 5.01. The fourth-order valence-electron chi connectivity index (χ4n) is 4.03. The fourth-order valence-corrected chi connectivity index (χ4v) is 4.03. The molecule has 0 unspecified atom stereocenters. The molecule has 16 heavy (non-hydrogen) atoms. The first-order valence-electron chi connectivity index (χ1n) is 7.43. The highest BCUT2D eigenvalue weighted by molar-refractivity contribution is 4.96. The molecular formula is C14H26N2. The van der Waals surface area contributed by atoms with E-state index in [1.54, 1.807) is 0 Å². The Bertz CT molecular complexity index is 220. The largest absolute Gasteiger partial charge is 0.311 e. The van der Waals surface area contributed by atoms with Crippen LogP contribution in [0.1, 0.15) is 57.8 Å². The van der Waals surface area contributed by atoms with Gasteiger partial charge in [0.25, 0.3) is 0 Å². The summed E-state index contributed by atoms with van der Waals surface area (Å²) in [6.45, 7) is 1.23. The summed E-state index contributed by atoms with van der Waals surface area (Å²) in [6, 6.07) is 2.35. The van der Waals surface area contributed by atoms with E-state index >= 15 is 0 Å². The van der Waals surface area contributed by atoms with Crippen molar-refractivity contribution in [3.05, 3.63) is 0 Å². The van der Waals surface area contributed by atoms with E-state index in [1.807, 2.05) is 0 Å². The number of fused-ring (bicyclic) bond motifs is 1. The summed E-state index contributed by atoms with van der Waals surface area (Å²) in [6.07, 6.45) is 13.0. The molecule has 3 atom stereocenters. The van der Waals surface area contributed by atoms with Gasteiger partial charge in [0.05, 0.1) is 0 Å². The molecule has 2 aliphatic carbocycles. The van der Waals surface area contributed by atoms with Crippen LogP contribution in [0.15, 0.2) is 0 Å². The van der Waals surface area contributed by atoms with E-state index in [0.717, 1.165) is 24.0 Å². The van der Waals surface area contributed by atoms with Gasteiger partial charge in [-0.2, -0.15) is 0 Å². The predicted molar refractivity (Wildman–Crippen MR) is 67.5 cm³/mol. The van der Waals surface area contributed by atoms with Crippen LogP contribution in [0.25, 0.3) is 0 Å². The lowest BCUT2D eigenvalue weighted by Crippen LogP contribution is -2.63. The first-order chi connectivity index (χ1) is 7.93. The Morgan fingerprint density at radius 1 is 0.625 bits per heavy atom. The second-order valence-electron chi connectivity index (χ2n) is 6.08. The van der Waals surface area contributed by atoms with E-state index in [4.69, 9.17) is 0 Å². The lowest BCUT2D eigenvalue weighted by Gasteiger charge is -2.44. The van der Waals surface area contributed by atoms with E-state index in [0.29, 0.717) is 0 Å². The molecule has 0 aromatic rings. The van der Waals surface area contributed by atoms with Crippen molar-refractivity contribution in [1.82, 2.24) is 10.6 Å². The van der Waals surface area contributed by atoms with Gasteiger partial charge in [0.1, 0.15) is 0 Å². The molecule has 0 aromatic carbocycles. The van der Waals surface area contributed by atoms with Crippen molar-refractivity contribution in [2.45, 2.75) is 75.9 Å².